The Morgan fingerprint density at radius 1 is 0.778 bits per heavy atom. The summed E-state index contributed by atoms with van der Waals surface area (Å²) in [6, 6.07) is 20.1. The molecule has 0 bridgehead atoms. The third-order valence-corrected chi connectivity index (χ3v) is 3.87. The van der Waals surface area contributed by atoms with Crippen LogP contribution in [0.15, 0.2) is 65.1 Å². The Bertz CT molecular complexity index is 705. The van der Waals surface area contributed by atoms with Crippen molar-refractivity contribution < 1.29 is 5.11 Å². The van der Waals surface area contributed by atoms with E-state index in [0.29, 0.717) is 0 Å². The second kappa shape index (κ2) is 4.46. The van der Waals surface area contributed by atoms with Crippen LogP contribution in [0.5, 0.6) is 5.75 Å². The molecule has 2 heteroatoms. The third kappa shape index (κ3) is 1.89. The lowest BCUT2D eigenvalue weighted by atomic mass is 10.0. The van der Waals surface area contributed by atoms with Crippen LogP contribution in [0.25, 0.3) is 21.9 Å². The largest absolute Gasteiger partial charge is 0.507 e. The Balaban J connectivity index is 2.21. The van der Waals surface area contributed by atoms with Gasteiger partial charge in [-0.1, -0.05) is 48.5 Å². The van der Waals surface area contributed by atoms with E-state index in [2.05, 4.69) is 40.2 Å². The highest BCUT2D eigenvalue weighted by molar-refractivity contribution is 9.10. The molecule has 0 unspecified atom stereocenters. The van der Waals surface area contributed by atoms with E-state index >= 15 is 0 Å². The number of rotatable bonds is 1. The van der Waals surface area contributed by atoms with E-state index in [1.165, 1.54) is 11.1 Å². The minimum Gasteiger partial charge on any atom is -0.507 e. The highest BCUT2D eigenvalue weighted by Crippen LogP contribution is 2.34. The first-order chi connectivity index (χ1) is 8.75. The average Bonchev–Trinajstić information content (AvgIpc) is 2.44. The average molecular weight is 299 g/mol. The number of phenols is 1. The molecule has 0 amide bonds. The van der Waals surface area contributed by atoms with Gasteiger partial charge in [0.05, 0.1) is 4.47 Å². The molecule has 0 radical (unpaired) electrons. The molecule has 3 rings (SSSR count). The molecule has 0 aliphatic carbocycles. The van der Waals surface area contributed by atoms with Crippen LogP contribution in [0, 0.1) is 0 Å². The van der Waals surface area contributed by atoms with E-state index in [0.717, 1.165) is 15.2 Å². The van der Waals surface area contributed by atoms with Crippen molar-refractivity contribution in [3.05, 3.63) is 65.1 Å². The first kappa shape index (κ1) is 11.3. The monoisotopic (exact) mass is 298 g/mol. The van der Waals surface area contributed by atoms with Crippen LogP contribution in [0.2, 0.25) is 0 Å². The smallest absolute Gasteiger partial charge is 0.130 e. The third-order valence-electron chi connectivity index (χ3n) is 3.04. The molecular formula is C16H11BrO. The second-order valence-corrected chi connectivity index (χ2v) is 4.99. The molecule has 1 N–H and O–H groups in total. The summed E-state index contributed by atoms with van der Waals surface area (Å²) in [5.41, 5.74) is 2.38. The van der Waals surface area contributed by atoms with E-state index in [-0.39, 0.29) is 5.75 Å². The molecule has 0 saturated heterocycles. The maximum absolute atomic E-state index is 9.66. The summed E-state index contributed by atoms with van der Waals surface area (Å²) < 4.78 is 0.750. The van der Waals surface area contributed by atoms with Crippen molar-refractivity contribution in [2.45, 2.75) is 0 Å². The van der Waals surface area contributed by atoms with Crippen LogP contribution in [0.3, 0.4) is 0 Å². The van der Waals surface area contributed by atoms with Gasteiger partial charge < -0.3 is 5.11 Å². The van der Waals surface area contributed by atoms with Crippen LogP contribution in [0.1, 0.15) is 0 Å². The number of fused-ring (bicyclic) bond motifs is 1. The fourth-order valence-electron chi connectivity index (χ4n) is 2.09. The molecule has 0 aliphatic heterocycles. The van der Waals surface area contributed by atoms with Gasteiger partial charge in [-0.15, -0.1) is 0 Å². The lowest BCUT2D eigenvalue weighted by molar-refractivity contribution is 0.473. The molecule has 1 nitrogen and oxygen atoms in total. The molecule has 0 spiro atoms. The Kier molecular flexibility index (Phi) is 2.80. The van der Waals surface area contributed by atoms with Crippen LogP contribution >= 0.6 is 15.9 Å². The summed E-state index contributed by atoms with van der Waals surface area (Å²) in [6.07, 6.45) is 0. The second-order valence-electron chi connectivity index (χ2n) is 4.20. The van der Waals surface area contributed by atoms with E-state index in [1.54, 1.807) is 6.07 Å². The van der Waals surface area contributed by atoms with Crippen molar-refractivity contribution >= 4 is 26.7 Å². The van der Waals surface area contributed by atoms with Gasteiger partial charge >= 0.3 is 0 Å². The Hall–Kier alpha value is -1.80. The summed E-state index contributed by atoms with van der Waals surface area (Å²) in [6.45, 7) is 0. The summed E-state index contributed by atoms with van der Waals surface area (Å²) in [5.74, 6) is 0.273. The lowest BCUT2D eigenvalue weighted by Gasteiger charge is -2.06. The maximum Gasteiger partial charge on any atom is 0.130 e. The van der Waals surface area contributed by atoms with Crippen molar-refractivity contribution in [1.29, 1.82) is 0 Å². The van der Waals surface area contributed by atoms with Crippen LogP contribution in [-0.4, -0.2) is 5.11 Å². The summed E-state index contributed by atoms with van der Waals surface area (Å²) >= 11 is 3.41. The minimum atomic E-state index is 0.273. The first-order valence-electron chi connectivity index (χ1n) is 5.72. The Morgan fingerprint density at radius 2 is 1.56 bits per heavy atom. The Morgan fingerprint density at radius 3 is 2.33 bits per heavy atom. The molecule has 3 aromatic rings. The SMILES string of the molecule is Oc1ccc2cc(-c3ccccc3)ccc2c1Br. The topological polar surface area (TPSA) is 20.2 Å². The molecule has 88 valence electrons. The number of aromatic hydroxyl groups is 1. The molecule has 0 aromatic heterocycles. The van der Waals surface area contributed by atoms with E-state index in [9.17, 15) is 5.11 Å². The van der Waals surface area contributed by atoms with Crippen LogP contribution in [-0.2, 0) is 0 Å². The number of hydrogen-bond acceptors (Lipinski definition) is 1. The van der Waals surface area contributed by atoms with Crippen LogP contribution < -0.4 is 0 Å². The summed E-state index contributed by atoms with van der Waals surface area (Å²) in [5, 5.41) is 11.8. The molecule has 0 heterocycles. The van der Waals surface area contributed by atoms with Gasteiger partial charge in [0.1, 0.15) is 5.75 Å². The van der Waals surface area contributed by atoms with Gasteiger partial charge in [0.2, 0.25) is 0 Å². The molecule has 0 saturated carbocycles. The molecule has 3 aromatic carbocycles. The van der Waals surface area contributed by atoms with E-state index in [1.807, 2.05) is 30.3 Å². The molecule has 0 atom stereocenters. The van der Waals surface area contributed by atoms with Gasteiger partial charge in [0.25, 0.3) is 0 Å². The highest BCUT2D eigenvalue weighted by Gasteiger charge is 2.05. The van der Waals surface area contributed by atoms with Gasteiger partial charge in [-0.25, -0.2) is 0 Å². The number of halogens is 1. The predicted octanol–water partition coefficient (Wildman–Crippen LogP) is 4.97. The van der Waals surface area contributed by atoms with Crippen molar-refractivity contribution in [2.24, 2.45) is 0 Å². The zero-order valence-electron chi connectivity index (χ0n) is 9.60. The standard InChI is InChI=1S/C16H11BrO/c17-16-14-8-6-12(11-4-2-1-3-5-11)10-13(14)7-9-15(16)18/h1-10,18H. The van der Waals surface area contributed by atoms with Crippen molar-refractivity contribution in [1.82, 2.24) is 0 Å². The van der Waals surface area contributed by atoms with Crippen molar-refractivity contribution in [2.75, 3.05) is 0 Å². The van der Waals surface area contributed by atoms with Crippen molar-refractivity contribution in [3.63, 3.8) is 0 Å². The number of hydrogen-bond donors (Lipinski definition) is 1. The minimum absolute atomic E-state index is 0.273. The lowest BCUT2D eigenvalue weighted by Crippen LogP contribution is -1.80. The normalized spacial score (nSPS) is 10.7. The van der Waals surface area contributed by atoms with E-state index < -0.39 is 0 Å². The molecule has 18 heavy (non-hydrogen) atoms. The summed E-state index contributed by atoms with van der Waals surface area (Å²) in [7, 11) is 0. The fraction of sp³-hybridized carbons (Fsp3) is 0. The van der Waals surface area contributed by atoms with Gasteiger partial charge in [-0.2, -0.15) is 0 Å². The molecule has 0 fully saturated rings. The molecule has 0 aliphatic rings. The highest BCUT2D eigenvalue weighted by atomic mass is 79.9. The van der Waals surface area contributed by atoms with Crippen molar-refractivity contribution in [3.8, 4) is 16.9 Å². The quantitative estimate of drug-likeness (QED) is 0.672. The van der Waals surface area contributed by atoms with Gasteiger partial charge in [-0.05, 0) is 50.0 Å². The van der Waals surface area contributed by atoms with E-state index in [4.69, 9.17) is 0 Å². The zero-order chi connectivity index (χ0) is 12.5. The molecular weight excluding hydrogens is 288 g/mol. The summed E-state index contributed by atoms with van der Waals surface area (Å²) in [4.78, 5) is 0. The number of phenolic OH excluding ortho intramolecular Hbond substituents is 1. The number of benzene rings is 3. The van der Waals surface area contributed by atoms with Gasteiger partial charge in [0, 0.05) is 0 Å². The van der Waals surface area contributed by atoms with Gasteiger partial charge in [0.15, 0.2) is 0 Å². The predicted molar refractivity (Wildman–Crippen MR) is 78.7 cm³/mol. The zero-order valence-corrected chi connectivity index (χ0v) is 11.2. The first-order valence-corrected chi connectivity index (χ1v) is 6.51. The Labute approximate surface area is 114 Å². The fourth-order valence-corrected chi connectivity index (χ4v) is 2.58. The maximum atomic E-state index is 9.66. The van der Waals surface area contributed by atoms with Gasteiger partial charge in [-0.3, -0.25) is 0 Å². The van der Waals surface area contributed by atoms with Crippen LogP contribution in [0.4, 0.5) is 0 Å².